The van der Waals surface area contributed by atoms with Crippen LogP contribution in [0, 0.1) is 5.92 Å². The number of thioether (sulfide) groups is 1. The van der Waals surface area contributed by atoms with Crippen LogP contribution in [0.2, 0.25) is 0 Å². The van der Waals surface area contributed by atoms with Crippen LogP contribution in [0.4, 0.5) is 0 Å². The van der Waals surface area contributed by atoms with Crippen molar-refractivity contribution in [1.29, 1.82) is 0 Å². The molecule has 0 amide bonds. The Hall–Kier alpha value is -0.510. The fourth-order valence-electron chi connectivity index (χ4n) is 3.88. The summed E-state index contributed by atoms with van der Waals surface area (Å²) >= 11 is 2.00. The molecule has 1 spiro atoms. The van der Waals surface area contributed by atoms with Crippen molar-refractivity contribution in [2.75, 3.05) is 18.1 Å². The lowest BCUT2D eigenvalue weighted by atomic mass is 9.80. The summed E-state index contributed by atoms with van der Waals surface area (Å²) in [6.07, 6.45) is 5.47. The second kappa shape index (κ2) is 5.60. The monoisotopic (exact) mass is 304 g/mol. The van der Waals surface area contributed by atoms with Crippen LogP contribution in [-0.4, -0.2) is 28.8 Å². The van der Waals surface area contributed by atoms with Crippen molar-refractivity contribution in [2.45, 2.75) is 49.7 Å². The molecule has 21 heavy (non-hydrogen) atoms. The number of rotatable bonds is 3. The molecule has 1 aliphatic carbocycles. The van der Waals surface area contributed by atoms with Crippen LogP contribution < -0.4 is 0 Å². The van der Waals surface area contributed by atoms with E-state index in [9.17, 15) is 5.11 Å². The van der Waals surface area contributed by atoms with Crippen molar-refractivity contribution in [1.82, 2.24) is 0 Å². The predicted molar refractivity (Wildman–Crippen MR) is 86.7 cm³/mol. The first-order valence-electron chi connectivity index (χ1n) is 8.25. The van der Waals surface area contributed by atoms with Crippen LogP contribution in [-0.2, 0) is 4.74 Å². The van der Waals surface area contributed by atoms with Gasteiger partial charge in [-0.2, -0.15) is 11.8 Å². The molecule has 3 heteroatoms. The minimum absolute atomic E-state index is 0.0582. The van der Waals surface area contributed by atoms with E-state index in [2.05, 4.69) is 24.3 Å². The summed E-state index contributed by atoms with van der Waals surface area (Å²) in [5.74, 6) is 3.43. The third-order valence-electron chi connectivity index (χ3n) is 5.35. The van der Waals surface area contributed by atoms with Gasteiger partial charge >= 0.3 is 0 Å². The molecular formula is C18H24O2S. The Labute approximate surface area is 131 Å². The van der Waals surface area contributed by atoms with Crippen molar-refractivity contribution < 1.29 is 9.84 Å². The smallest absolute Gasteiger partial charge is 0.0820 e. The first-order valence-corrected chi connectivity index (χ1v) is 9.41. The number of hydrogen-bond acceptors (Lipinski definition) is 3. The number of hydrogen-bond donors (Lipinski definition) is 1. The van der Waals surface area contributed by atoms with Crippen LogP contribution in [0.15, 0.2) is 24.3 Å². The Balaban J connectivity index is 1.50. The molecule has 1 aromatic rings. The summed E-state index contributed by atoms with van der Waals surface area (Å²) in [6, 6.07) is 8.68. The fourth-order valence-corrected chi connectivity index (χ4v) is 5.26. The first kappa shape index (κ1) is 14.1. The second-order valence-corrected chi connectivity index (χ2v) is 8.08. The Morgan fingerprint density at radius 2 is 2.19 bits per heavy atom. The summed E-state index contributed by atoms with van der Waals surface area (Å²) < 4.78 is 6.08. The highest BCUT2D eigenvalue weighted by Gasteiger charge is 2.42. The van der Waals surface area contributed by atoms with E-state index in [-0.39, 0.29) is 11.7 Å². The third-order valence-corrected chi connectivity index (χ3v) is 6.57. The first-order chi connectivity index (χ1) is 10.3. The van der Waals surface area contributed by atoms with Gasteiger partial charge in [-0.25, -0.2) is 0 Å². The molecular weight excluding hydrogens is 280 g/mol. The van der Waals surface area contributed by atoms with Gasteiger partial charge in [-0.05, 0) is 60.8 Å². The van der Waals surface area contributed by atoms with Crippen molar-refractivity contribution in [3.05, 3.63) is 35.4 Å². The van der Waals surface area contributed by atoms with Gasteiger partial charge in [-0.1, -0.05) is 24.3 Å². The molecule has 3 fully saturated rings. The van der Waals surface area contributed by atoms with Gasteiger partial charge in [0.25, 0.3) is 0 Å². The molecule has 4 rings (SSSR count). The Morgan fingerprint density at radius 1 is 1.29 bits per heavy atom. The van der Waals surface area contributed by atoms with Crippen LogP contribution >= 0.6 is 11.8 Å². The van der Waals surface area contributed by atoms with Gasteiger partial charge in [0.2, 0.25) is 0 Å². The maximum atomic E-state index is 10.9. The van der Waals surface area contributed by atoms with E-state index in [1.54, 1.807) is 0 Å². The third kappa shape index (κ3) is 2.88. The fraction of sp³-hybridized carbons (Fsp3) is 0.667. The summed E-state index contributed by atoms with van der Waals surface area (Å²) in [4.78, 5) is 0. The molecule has 3 aliphatic rings. The maximum Gasteiger partial charge on any atom is 0.0820 e. The van der Waals surface area contributed by atoms with Gasteiger partial charge in [0.1, 0.15) is 0 Å². The van der Waals surface area contributed by atoms with E-state index in [0.29, 0.717) is 5.92 Å². The van der Waals surface area contributed by atoms with Crippen LogP contribution in [0.1, 0.15) is 55.3 Å². The largest absolute Gasteiger partial charge is 0.388 e. The molecule has 3 atom stereocenters. The summed E-state index contributed by atoms with van der Waals surface area (Å²) in [5, 5.41) is 10.9. The average Bonchev–Trinajstić information content (AvgIpc) is 3.29. The highest BCUT2D eigenvalue weighted by Crippen LogP contribution is 2.45. The summed E-state index contributed by atoms with van der Waals surface area (Å²) in [7, 11) is 0. The molecule has 1 N–H and O–H groups in total. The minimum Gasteiger partial charge on any atom is -0.388 e. The van der Waals surface area contributed by atoms with Crippen molar-refractivity contribution in [3.8, 4) is 0 Å². The molecule has 3 unspecified atom stereocenters. The molecule has 0 aromatic heterocycles. The standard InChI is InChI=1S/C18H24O2S/c19-17(15-3-1-2-14(10-15)13-4-5-13)16-6-8-20-18(11-16)7-9-21-12-18/h1-3,10,13,16-17,19H,4-9,11-12H2. The van der Waals surface area contributed by atoms with Gasteiger partial charge in [-0.15, -0.1) is 0 Å². The minimum atomic E-state index is -0.324. The molecule has 2 aliphatic heterocycles. The molecule has 2 heterocycles. The summed E-state index contributed by atoms with van der Waals surface area (Å²) in [6.45, 7) is 0.810. The molecule has 1 aromatic carbocycles. The zero-order chi connectivity index (χ0) is 14.3. The number of ether oxygens (including phenoxy) is 1. The predicted octanol–water partition coefficient (Wildman–Crippen LogP) is 3.90. The number of aliphatic hydroxyl groups is 1. The molecule has 0 bridgehead atoms. The quantitative estimate of drug-likeness (QED) is 0.918. The maximum absolute atomic E-state index is 10.9. The molecule has 2 saturated heterocycles. The molecule has 0 radical (unpaired) electrons. The zero-order valence-electron chi connectivity index (χ0n) is 12.5. The van der Waals surface area contributed by atoms with Crippen molar-refractivity contribution >= 4 is 11.8 Å². The van der Waals surface area contributed by atoms with Gasteiger partial charge in [0.15, 0.2) is 0 Å². The van der Waals surface area contributed by atoms with Crippen molar-refractivity contribution in [3.63, 3.8) is 0 Å². The molecule has 2 nitrogen and oxygen atoms in total. The number of benzene rings is 1. The van der Waals surface area contributed by atoms with Crippen LogP contribution in [0.25, 0.3) is 0 Å². The van der Waals surface area contributed by atoms with Gasteiger partial charge in [0, 0.05) is 12.4 Å². The zero-order valence-corrected chi connectivity index (χ0v) is 13.3. The Kier molecular flexibility index (Phi) is 3.76. The lowest BCUT2D eigenvalue weighted by Gasteiger charge is -2.39. The Morgan fingerprint density at radius 3 is 2.95 bits per heavy atom. The van der Waals surface area contributed by atoms with E-state index in [1.807, 2.05) is 11.8 Å². The van der Waals surface area contributed by atoms with Gasteiger partial charge in [0.05, 0.1) is 11.7 Å². The van der Waals surface area contributed by atoms with Gasteiger partial charge in [-0.3, -0.25) is 0 Å². The highest BCUT2D eigenvalue weighted by atomic mass is 32.2. The van der Waals surface area contributed by atoms with E-state index >= 15 is 0 Å². The van der Waals surface area contributed by atoms with E-state index < -0.39 is 0 Å². The lowest BCUT2D eigenvalue weighted by Crippen LogP contribution is -2.41. The van der Waals surface area contributed by atoms with Crippen molar-refractivity contribution in [2.24, 2.45) is 5.92 Å². The van der Waals surface area contributed by atoms with Gasteiger partial charge < -0.3 is 9.84 Å². The highest BCUT2D eigenvalue weighted by molar-refractivity contribution is 7.99. The van der Waals surface area contributed by atoms with Crippen LogP contribution in [0.5, 0.6) is 0 Å². The van der Waals surface area contributed by atoms with E-state index in [4.69, 9.17) is 4.74 Å². The Bertz CT molecular complexity index is 506. The van der Waals surface area contributed by atoms with E-state index in [1.165, 1.54) is 24.2 Å². The van der Waals surface area contributed by atoms with Crippen LogP contribution in [0.3, 0.4) is 0 Å². The lowest BCUT2D eigenvalue weighted by molar-refractivity contribution is -0.102. The average molecular weight is 304 g/mol. The second-order valence-electron chi connectivity index (χ2n) is 6.98. The topological polar surface area (TPSA) is 29.5 Å². The molecule has 114 valence electrons. The normalized spacial score (nSPS) is 34.2. The molecule has 1 saturated carbocycles. The SMILES string of the molecule is OC(c1cccc(C2CC2)c1)C1CCOC2(CCSC2)C1. The summed E-state index contributed by atoms with van der Waals surface area (Å²) in [5.41, 5.74) is 2.60. The number of aliphatic hydroxyl groups excluding tert-OH is 1. The van der Waals surface area contributed by atoms with E-state index in [0.717, 1.165) is 43.1 Å².